The third kappa shape index (κ3) is 4.35. The van der Waals surface area contributed by atoms with Gasteiger partial charge in [-0.1, -0.05) is 32.1 Å². The largest absolute Gasteiger partial charge is 0.490 e. The Hall–Kier alpha value is -2.70. The molecule has 142 valence electrons. The lowest BCUT2D eigenvalue weighted by Gasteiger charge is -2.26. The van der Waals surface area contributed by atoms with E-state index < -0.39 is 0 Å². The van der Waals surface area contributed by atoms with Gasteiger partial charge in [0.1, 0.15) is 23.5 Å². The van der Waals surface area contributed by atoms with Crippen molar-refractivity contribution in [2.75, 3.05) is 0 Å². The maximum Gasteiger partial charge on any atom is 0.276 e. The second-order valence-electron chi connectivity index (χ2n) is 7.25. The zero-order valence-electron chi connectivity index (χ0n) is 15.1. The maximum atomic E-state index is 13.2. The summed E-state index contributed by atoms with van der Waals surface area (Å²) in [5, 5.41) is 0. The molecule has 3 aromatic rings. The molecule has 2 aromatic heterocycles. The van der Waals surface area contributed by atoms with E-state index >= 15 is 0 Å². The van der Waals surface area contributed by atoms with E-state index in [1.165, 1.54) is 50.6 Å². The number of ether oxygens (including phenoxy) is 1. The van der Waals surface area contributed by atoms with E-state index in [1.54, 1.807) is 12.1 Å². The van der Waals surface area contributed by atoms with Gasteiger partial charge in [0, 0.05) is 6.42 Å². The zero-order chi connectivity index (χ0) is 18.6. The number of hydrogen-bond acceptors (Lipinski definition) is 4. The number of H-pyrrole nitrogens is 2. The Morgan fingerprint density at radius 2 is 1.96 bits per heavy atom. The molecule has 0 spiro atoms. The lowest BCUT2D eigenvalue weighted by Crippen LogP contribution is -2.25. The summed E-state index contributed by atoms with van der Waals surface area (Å²) in [6.45, 7) is 0. The standard InChI is InChI=1S/C20H23FN4O2/c21-14-6-8-15(9-7-14)27-16(10-13-4-2-1-3-5-13)11-17-24-18-19(25-17)22-12-23-20(18)26/h6-9,12-13,16H,1-5,10-11H2,(H2,22,23,24,25,26). The van der Waals surface area contributed by atoms with Gasteiger partial charge in [0.2, 0.25) is 0 Å². The van der Waals surface area contributed by atoms with E-state index in [0.29, 0.717) is 35.1 Å². The van der Waals surface area contributed by atoms with Crippen LogP contribution in [0.3, 0.4) is 0 Å². The van der Waals surface area contributed by atoms with Crippen LogP contribution in [0.4, 0.5) is 4.39 Å². The van der Waals surface area contributed by atoms with Crippen molar-refractivity contribution in [3.8, 4) is 5.75 Å². The number of nitrogens with zero attached hydrogens (tertiary/aromatic N) is 2. The summed E-state index contributed by atoms with van der Waals surface area (Å²) in [6.07, 6.45) is 8.97. The van der Waals surface area contributed by atoms with Gasteiger partial charge in [-0.2, -0.15) is 0 Å². The molecular weight excluding hydrogens is 347 g/mol. The van der Waals surface area contributed by atoms with Gasteiger partial charge >= 0.3 is 0 Å². The number of benzene rings is 1. The molecule has 4 rings (SSSR count). The van der Waals surface area contributed by atoms with Crippen molar-refractivity contribution in [3.05, 3.63) is 52.6 Å². The molecule has 0 aliphatic heterocycles. The van der Waals surface area contributed by atoms with Gasteiger partial charge < -0.3 is 14.7 Å². The minimum Gasteiger partial charge on any atom is -0.490 e. The van der Waals surface area contributed by atoms with Crippen molar-refractivity contribution in [2.24, 2.45) is 5.92 Å². The summed E-state index contributed by atoms with van der Waals surface area (Å²) >= 11 is 0. The Labute approximate surface area is 156 Å². The summed E-state index contributed by atoms with van der Waals surface area (Å²) in [5.74, 6) is 1.66. The fourth-order valence-electron chi connectivity index (χ4n) is 3.87. The Balaban J connectivity index is 1.54. The first-order valence-electron chi connectivity index (χ1n) is 9.52. The minimum atomic E-state index is -0.284. The Bertz CT molecular complexity index is 945. The first-order chi connectivity index (χ1) is 13.2. The Morgan fingerprint density at radius 3 is 2.70 bits per heavy atom. The summed E-state index contributed by atoms with van der Waals surface area (Å²) < 4.78 is 19.4. The van der Waals surface area contributed by atoms with Crippen molar-refractivity contribution in [3.63, 3.8) is 0 Å². The number of nitrogens with one attached hydrogen (secondary N) is 2. The van der Waals surface area contributed by atoms with Crippen LogP contribution in [-0.4, -0.2) is 26.0 Å². The highest BCUT2D eigenvalue weighted by Crippen LogP contribution is 2.29. The van der Waals surface area contributed by atoms with Crippen molar-refractivity contribution in [2.45, 2.75) is 51.0 Å². The van der Waals surface area contributed by atoms with Gasteiger partial charge in [-0.3, -0.25) is 4.79 Å². The molecular formula is C20H23FN4O2. The van der Waals surface area contributed by atoms with Crippen LogP contribution in [-0.2, 0) is 6.42 Å². The predicted molar refractivity (Wildman–Crippen MR) is 100 cm³/mol. The smallest absolute Gasteiger partial charge is 0.276 e. The molecule has 1 saturated carbocycles. The number of aromatic amines is 2. The number of halogens is 1. The van der Waals surface area contributed by atoms with E-state index in [0.717, 1.165) is 6.42 Å². The molecule has 2 heterocycles. The monoisotopic (exact) mass is 370 g/mol. The highest BCUT2D eigenvalue weighted by molar-refractivity contribution is 5.68. The summed E-state index contributed by atoms with van der Waals surface area (Å²) in [7, 11) is 0. The SMILES string of the molecule is O=c1[nH]cnc2nc(CC(CC3CCCCC3)Oc3ccc(F)cc3)[nH]c12. The molecule has 1 aromatic carbocycles. The minimum absolute atomic E-state index is 0.0989. The molecule has 0 radical (unpaired) electrons. The molecule has 27 heavy (non-hydrogen) atoms. The second-order valence-corrected chi connectivity index (χ2v) is 7.25. The van der Waals surface area contributed by atoms with E-state index in [-0.39, 0.29) is 17.5 Å². The van der Waals surface area contributed by atoms with E-state index in [4.69, 9.17) is 4.74 Å². The summed E-state index contributed by atoms with van der Waals surface area (Å²) in [5.41, 5.74) is 0.555. The first-order valence-corrected chi connectivity index (χ1v) is 9.52. The topological polar surface area (TPSA) is 83.7 Å². The van der Waals surface area contributed by atoms with Crippen LogP contribution >= 0.6 is 0 Å². The van der Waals surface area contributed by atoms with Gasteiger partial charge in [-0.25, -0.2) is 14.4 Å². The fourth-order valence-corrected chi connectivity index (χ4v) is 3.87. The van der Waals surface area contributed by atoms with Crippen molar-refractivity contribution < 1.29 is 9.13 Å². The quantitative estimate of drug-likeness (QED) is 0.692. The van der Waals surface area contributed by atoms with Crippen LogP contribution in [0.25, 0.3) is 11.2 Å². The van der Waals surface area contributed by atoms with Gasteiger partial charge in [0.15, 0.2) is 11.2 Å². The normalized spacial score (nSPS) is 16.5. The third-order valence-corrected chi connectivity index (χ3v) is 5.20. The van der Waals surface area contributed by atoms with Crippen molar-refractivity contribution in [1.82, 2.24) is 19.9 Å². The Morgan fingerprint density at radius 1 is 1.19 bits per heavy atom. The Kier molecular flexibility index (Phi) is 5.18. The molecule has 0 saturated heterocycles. The molecule has 0 amide bonds. The predicted octanol–water partition coefficient (Wildman–Crippen LogP) is 3.75. The number of hydrogen-bond donors (Lipinski definition) is 2. The van der Waals surface area contributed by atoms with Crippen molar-refractivity contribution >= 4 is 11.2 Å². The average molecular weight is 370 g/mol. The lowest BCUT2D eigenvalue weighted by atomic mass is 9.85. The van der Waals surface area contributed by atoms with E-state index in [2.05, 4.69) is 19.9 Å². The second kappa shape index (κ2) is 7.90. The van der Waals surface area contributed by atoms with Crippen LogP contribution in [0.15, 0.2) is 35.4 Å². The molecule has 1 atom stereocenters. The van der Waals surface area contributed by atoms with Gasteiger partial charge in [0.05, 0.1) is 6.33 Å². The molecule has 2 N–H and O–H groups in total. The average Bonchev–Trinajstić information content (AvgIpc) is 3.08. The molecule has 6 nitrogen and oxygen atoms in total. The van der Waals surface area contributed by atoms with Crippen molar-refractivity contribution in [1.29, 1.82) is 0 Å². The lowest BCUT2D eigenvalue weighted by molar-refractivity contribution is 0.151. The molecule has 1 fully saturated rings. The van der Waals surface area contributed by atoms with Crippen LogP contribution in [0.5, 0.6) is 5.75 Å². The summed E-state index contributed by atoms with van der Waals surface area (Å²) in [6, 6.07) is 6.09. The number of rotatable bonds is 6. The van der Waals surface area contributed by atoms with Gasteiger partial charge in [0.25, 0.3) is 5.56 Å². The number of imidazole rings is 1. The zero-order valence-corrected chi connectivity index (χ0v) is 15.1. The molecule has 0 bridgehead atoms. The molecule has 1 aliphatic rings. The molecule has 7 heteroatoms. The van der Waals surface area contributed by atoms with Gasteiger partial charge in [-0.05, 0) is 36.6 Å². The highest BCUT2D eigenvalue weighted by Gasteiger charge is 2.22. The van der Waals surface area contributed by atoms with Crippen LogP contribution in [0.1, 0.15) is 44.3 Å². The fraction of sp³-hybridized carbons (Fsp3) is 0.450. The van der Waals surface area contributed by atoms with E-state index in [9.17, 15) is 9.18 Å². The van der Waals surface area contributed by atoms with Crippen LogP contribution in [0, 0.1) is 11.7 Å². The van der Waals surface area contributed by atoms with Crippen LogP contribution < -0.4 is 10.3 Å². The maximum absolute atomic E-state index is 13.2. The number of fused-ring (bicyclic) bond motifs is 1. The third-order valence-electron chi connectivity index (χ3n) is 5.20. The van der Waals surface area contributed by atoms with E-state index in [1.807, 2.05) is 0 Å². The number of aromatic nitrogens is 4. The first kappa shape index (κ1) is 17.7. The van der Waals surface area contributed by atoms with Gasteiger partial charge in [-0.15, -0.1) is 0 Å². The molecule has 1 aliphatic carbocycles. The van der Waals surface area contributed by atoms with Crippen LogP contribution in [0.2, 0.25) is 0 Å². The highest BCUT2D eigenvalue weighted by atomic mass is 19.1. The molecule has 1 unspecified atom stereocenters. The summed E-state index contributed by atoms with van der Waals surface area (Å²) in [4.78, 5) is 26.0.